The second-order valence-electron chi connectivity index (χ2n) is 5.10. The molecule has 90 valence electrons. The minimum absolute atomic E-state index is 0.741. The number of rotatable bonds is 5. The Morgan fingerprint density at radius 2 is 1.62 bits per heavy atom. The summed E-state index contributed by atoms with van der Waals surface area (Å²) >= 11 is 0. The fraction of sp³-hybridized carbons (Fsp3) is 0.600. The average Bonchev–Trinajstić information content (AvgIpc) is 2.16. The molecule has 1 unspecified atom stereocenters. The van der Waals surface area contributed by atoms with Gasteiger partial charge in [-0.3, -0.25) is 0 Å². The van der Waals surface area contributed by atoms with Crippen LogP contribution < -0.4 is 5.73 Å². The molecule has 0 spiro atoms. The van der Waals surface area contributed by atoms with E-state index in [1.54, 1.807) is 0 Å². The van der Waals surface area contributed by atoms with Gasteiger partial charge in [-0.2, -0.15) is 0 Å². The molecule has 0 saturated carbocycles. The lowest BCUT2D eigenvalue weighted by atomic mass is 9.92. The summed E-state index contributed by atoms with van der Waals surface area (Å²) in [6.45, 7) is 9.73. The zero-order valence-electron chi connectivity index (χ0n) is 11.1. The quantitative estimate of drug-likeness (QED) is 0.805. The van der Waals surface area contributed by atoms with Gasteiger partial charge in [0.1, 0.15) is 0 Å². The summed E-state index contributed by atoms with van der Waals surface area (Å²) in [5, 5.41) is 0. The van der Waals surface area contributed by atoms with Crippen molar-refractivity contribution in [2.45, 2.75) is 47.0 Å². The van der Waals surface area contributed by atoms with Crippen molar-refractivity contribution >= 4 is 0 Å². The molecule has 1 heteroatoms. The van der Waals surface area contributed by atoms with Crippen LogP contribution in [0.25, 0.3) is 0 Å². The Morgan fingerprint density at radius 1 is 1.06 bits per heavy atom. The Hall–Kier alpha value is -0.820. The Morgan fingerprint density at radius 3 is 2.12 bits per heavy atom. The summed E-state index contributed by atoms with van der Waals surface area (Å²) in [7, 11) is 0. The van der Waals surface area contributed by atoms with E-state index in [0.717, 1.165) is 18.9 Å². The van der Waals surface area contributed by atoms with Gasteiger partial charge in [0, 0.05) is 0 Å². The monoisotopic (exact) mass is 219 g/mol. The summed E-state index contributed by atoms with van der Waals surface area (Å²) < 4.78 is 0. The number of benzene rings is 1. The molecule has 0 aromatic heterocycles. The predicted octanol–water partition coefficient (Wildman–Crippen LogP) is 3.53. The molecule has 0 saturated heterocycles. The van der Waals surface area contributed by atoms with Crippen LogP contribution in [0.15, 0.2) is 12.1 Å². The van der Waals surface area contributed by atoms with E-state index >= 15 is 0 Å². The van der Waals surface area contributed by atoms with Gasteiger partial charge in [0.05, 0.1) is 0 Å². The maximum Gasteiger partial charge on any atom is -0.00747 e. The summed E-state index contributed by atoms with van der Waals surface area (Å²) in [6.07, 6.45) is 3.59. The van der Waals surface area contributed by atoms with Gasteiger partial charge in [0.25, 0.3) is 0 Å². The van der Waals surface area contributed by atoms with Gasteiger partial charge in [-0.1, -0.05) is 24.6 Å². The Bertz CT molecular complexity index is 318. The number of hydrogen-bond donors (Lipinski definition) is 1. The number of hydrogen-bond acceptors (Lipinski definition) is 1. The predicted molar refractivity (Wildman–Crippen MR) is 71.8 cm³/mol. The molecule has 1 aromatic carbocycles. The molecule has 0 aliphatic heterocycles. The zero-order valence-corrected chi connectivity index (χ0v) is 11.1. The lowest BCUT2D eigenvalue weighted by molar-refractivity contribution is 0.499. The molecule has 1 aromatic rings. The molecule has 0 bridgehead atoms. The fourth-order valence-corrected chi connectivity index (χ4v) is 2.42. The van der Waals surface area contributed by atoms with Gasteiger partial charge < -0.3 is 5.73 Å². The van der Waals surface area contributed by atoms with Gasteiger partial charge in [-0.05, 0) is 69.2 Å². The van der Waals surface area contributed by atoms with Gasteiger partial charge in [-0.25, -0.2) is 0 Å². The first-order valence-corrected chi connectivity index (χ1v) is 6.31. The molecule has 0 aliphatic carbocycles. The second-order valence-corrected chi connectivity index (χ2v) is 5.10. The Balaban J connectivity index is 2.67. The van der Waals surface area contributed by atoms with Crippen LogP contribution in [-0.2, 0) is 6.42 Å². The number of nitrogens with two attached hydrogens (primary N) is 1. The normalized spacial score (nSPS) is 12.8. The Labute approximate surface area is 100 Å². The van der Waals surface area contributed by atoms with Crippen LogP contribution >= 0.6 is 0 Å². The molecule has 0 aliphatic rings. The first-order valence-electron chi connectivity index (χ1n) is 6.31. The van der Waals surface area contributed by atoms with E-state index in [1.165, 1.54) is 35.1 Å². The topological polar surface area (TPSA) is 26.0 Å². The standard InChI is InChI=1S/C15H25N/c1-11(7-8-16)5-6-15-13(3)9-12(2)10-14(15)4/h9-11H,5-8,16H2,1-4H3. The van der Waals surface area contributed by atoms with Gasteiger partial charge in [-0.15, -0.1) is 0 Å². The summed E-state index contributed by atoms with van der Waals surface area (Å²) in [5.74, 6) is 0.741. The average molecular weight is 219 g/mol. The second kappa shape index (κ2) is 6.05. The van der Waals surface area contributed by atoms with Crippen molar-refractivity contribution in [2.24, 2.45) is 11.7 Å². The van der Waals surface area contributed by atoms with Crippen molar-refractivity contribution in [1.82, 2.24) is 0 Å². The molecule has 1 atom stereocenters. The van der Waals surface area contributed by atoms with Crippen LogP contribution in [0, 0.1) is 26.7 Å². The van der Waals surface area contributed by atoms with E-state index in [2.05, 4.69) is 39.8 Å². The minimum Gasteiger partial charge on any atom is -0.330 e. The van der Waals surface area contributed by atoms with E-state index in [1.807, 2.05) is 0 Å². The van der Waals surface area contributed by atoms with Crippen LogP contribution in [0.4, 0.5) is 0 Å². The molecular formula is C15H25N. The third kappa shape index (κ3) is 3.64. The third-order valence-electron chi connectivity index (χ3n) is 3.39. The van der Waals surface area contributed by atoms with E-state index in [4.69, 9.17) is 5.73 Å². The van der Waals surface area contributed by atoms with Crippen LogP contribution in [0.3, 0.4) is 0 Å². The first-order chi connectivity index (χ1) is 7.54. The van der Waals surface area contributed by atoms with E-state index < -0.39 is 0 Å². The lowest BCUT2D eigenvalue weighted by Gasteiger charge is -2.14. The highest BCUT2D eigenvalue weighted by Gasteiger charge is 2.06. The van der Waals surface area contributed by atoms with E-state index in [-0.39, 0.29) is 0 Å². The van der Waals surface area contributed by atoms with Gasteiger partial charge in [0.15, 0.2) is 0 Å². The van der Waals surface area contributed by atoms with Crippen molar-refractivity contribution < 1.29 is 0 Å². The smallest absolute Gasteiger partial charge is 0.00747 e. The highest BCUT2D eigenvalue weighted by Crippen LogP contribution is 2.20. The largest absolute Gasteiger partial charge is 0.330 e. The molecule has 0 heterocycles. The highest BCUT2D eigenvalue weighted by atomic mass is 14.5. The first kappa shape index (κ1) is 13.2. The minimum atomic E-state index is 0.741. The maximum atomic E-state index is 5.58. The molecule has 2 N–H and O–H groups in total. The molecule has 1 nitrogen and oxygen atoms in total. The molecule has 16 heavy (non-hydrogen) atoms. The summed E-state index contributed by atoms with van der Waals surface area (Å²) in [5.41, 5.74) is 11.4. The van der Waals surface area contributed by atoms with Crippen LogP contribution in [0.5, 0.6) is 0 Å². The van der Waals surface area contributed by atoms with Crippen molar-refractivity contribution in [3.63, 3.8) is 0 Å². The van der Waals surface area contributed by atoms with Crippen molar-refractivity contribution in [3.05, 3.63) is 34.4 Å². The van der Waals surface area contributed by atoms with Crippen molar-refractivity contribution in [1.29, 1.82) is 0 Å². The number of aryl methyl sites for hydroxylation is 3. The van der Waals surface area contributed by atoms with Gasteiger partial charge in [0.2, 0.25) is 0 Å². The molecule has 0 radical (unpaired) electrons. The van der Waals surface area contributed by atoms with Crippen LogP contribution in [0.2, 0.25) is 0 Å². The summed E-state index contributed by atoms with van der Waals surface area (Å²) in [6, 6.07) is 4.58. The fourth-order valence-electron chi connectivity index (χ4n) is 2.42. The molecule has 0 fully saturated rings. The van der Waals surface area contributed by atoms with Crippen LogP contribution in [-0.4, -0.2) is 6.54 Å². The highest BCUT2D eigenvalue weighted by molar-refractivity contribution is 5.37. The molecule has 0 amide bonds. The van der Waals surface area contributed by atoms with E-state index in [0.29, 0.717) is 0 Å². The van der Waals surface area contributed by atoms with E-state index in [9.17, 15) is 0 Å². The molecule has 1 rings (SSSR count). The van der Waals surface area contributed by atoms with Crippen LogP contribution in [0.1, 0.15) is 42.0 Å². The zero-order chi connectivity index (χ0) is 12.1. The lowest BCUT2D eigenvalue weighted by Crippen LogP contribution is -2.07. The Kier molecular flexibility index (Phi) is 5.01. The van der Waals surface area contributed by atoms with Crippen molar-refractivity contribution in [2.75, 3.05) is 6.54 Å². The van der Waals surface area contributed by atoms with Crippen molar-refractivity contribution in [3.8, 4) is 0 Å². The third-order valence-corrected chi connectivity index (χ3v) is 3.39. The maximum absolute atomic E-state index is 5.58. The van der Waals surface area contributed by atoms with Gasteiger partial charge >= 0.3 is 0 Å². The SMILES string of the molecule is Cc1cc(C)c(CCC(C)CCN)c(C)c1. The summed E-state index contributed by atoms with van der Waals surface area (Å²) in [4.78, 5) is 0. The molecular weight excluding hydrogens is 194 g/mol.